The SMILES string of the molecule is Cc1cn(-c2cccc(C(=O)CC(=O)Nc3c(CC(C)(C)OC(N)=O)ccc(-c4ccccc4)c3F)c2)c(C)n1. The Hall–Kier alpha value is -4.79. The van der Waals surface area contributed by atoms with Crippen molar-refractivity contribution >= 4 is 23.5 Å². The molecule has 1 aromatic heterocycles. The minimum atomic E-state index is -1.08. The van der Waals surface area contributed by atoms with Crippen LogP contribution in [0, 0.1) is 19.7 Å². The minimum absolute atomic E-state index is 0.0667. The zero-order valence-corrected chi connectivity index (χ0v) is 22.8. The van der Waals surface area contributed by atoms with Gasteiger partial charge in [-0.15, -0.1) is 0 Å². The van der Waals surface area contributed by atoms with Gasteiger partial charge in [0.1, 0.15) is 11.4 Å². The molecule has 0 bridgehead atoms. The Morgan fingerprint density at radius 1 is 1.02 bits per heavy atom. The Balaban J connectivity index is 1.61. The molecule has 0 unspecified atom stereocenters. The quantitative estimate of drug-likeness (QED) is 0.201. The van der Waals surface area contributed by atoms with Crippen LogP contribution in [0.15, 0.2) is 72.9 Å². The lowest BCUT2D eigenvalue weighted by Crippen LogP contribution is -2.33. The second-order valence-corrected chi connectivity index (χ2v) is 10.2. The highest BCUT2D eigenvalue weighted by atomic mass is 19.1. The molecule has 3 N–H and O–H groups in total. The summed E-state index contributed by atoms with van der Waals surface area (Å²) in [6.45, 7) is 7.00. The van der Waals surface area contributed by atoms with E-state index in [4.69, 9.17) is 10.5 Å². The number of halogens is 1. The van der Waals surface area contributed by atoms with Gasteiger partial charge in [0.05, 0.1) is 17.8 Å². The lowest BCUT2D eigenvalue weighted by atomic mass is 9.93. The van der Waals surface area contributed by atoms with Crippen molar-refractivity contribution in [1.29, 1.82) is 0 Å². The molecule has 0 aliphatic heterocycles. The van der Waals surface area contributed by atoms with Crippen molar-refractivity contribution in [3.63, 3.8) is 0 Å². The highest BCUT2D eigenvalue weighted by molar-refractivity contribution is 6.11. The number of hydrogen-bond donors (Lipinski definition) is 2. The van der Waals surface area contributed by atoms with Crippen molar-refractivity contribution < 1.29 is 23.5 Å². The first-order valence-corrected chi connectivity index (χ1v) is 12.7. The molecule has 0 fully saturated rings. The number of rotatable bonds is 9. The van der Waals surface area contributed by atoms with Crippen LogP contribution >= 0.6 is 0 Å². The van der Waals surface area contributed by atoms with Crippen LogP contribution in [0.2, 0.25) is 0 Å². The molecular formula is C31H31FN4O4. The summed E-state index contributed by atoms with van der Waals surface area (Å²) in [5.41, 5.74) is 7.24. The van der Waals surface area contributed by atoms with Crippen LogP contribution in [0.4, 0.5) is 14.9 Å². The average Bonchev–Trinajstić information content (AvgIpc) is 3.23. The van der Waals surface area contributed by atoms with E-state index in [9.17, 15) is 14.4 Å². The summed E-state index contributed by atoms with van der Waals surface area (Å²) in [7, 11) is 0. The van der Waals surface area contributed by atoms with Crippen molar-refractivity contribution in [3.8, 4) is 16.8 Å². The second kappa shape index (κ2) is 11.5. The number of hydrogen-bond acceptors (Lipinski definition) is 5. The summed E-state index contributed by atoms with van der Waals surface area (Å²) in [6.07, 6.45) is 0.461. The fraction of sp³-hybridized carbons (Fsp3) is 0.226. The third kappa shape index (κ3) is 6.61. The Bertz CT molecular complexity index is 1580. The third-order valence-corrected chi connectivity index (χ3v) is 6.34. The molecule has 2 amide bonds. The van der Waals surface area contributed by atoms with Gasteiger partial charge in [-0.25, -0.2) is 14.2 Å². The molecule has 4 aromatic rings. The maximum atomic E-state index is 15.9. The van der Waals surface area contributed by atoms with E-state index in [0.717, 1.165) is 17.2 Å². The van der Waals surface area contributed by atoms with E-state index in [1.165, 1.54) is 0 Å². The lowest BCUT2D eigenvalue weighted by Gasteiger charge is -2.26. The standard InChI is InChI=1S/C31H31FN4O4/c1-19-18-36(20(2)34-19)24-12-8-11-22(15-24)26(37)16-27(38)35-29-23(17-31(3,4)40-30(33)39)13-14-25(28(29)32)21-9-6-5-7-10-21/h5-15,18H,16-17H2,1-4H3,(H2,33,39)(H,35,38). The molecule has 206 valence electrons. The van der Waals surface area contributed by atoms with Crippen molar-refractivity contribution in [2.45, 2.75) is 46.1 Å². The Labute approximate surface area is 232 Å². The Kier molecular flexibility index (Phi) is 8.13. The molecule has 3 aromatic carbocycles. The number of anilines is 1. The van der Waals surface area contributed by atoms with Gasteiger partial charge >= 0.3 is 6.09 Å². The summed E-state index contributed by atoms with van der Waals surface area (Å²) < 4.78 is 23.0. The van der Waals surface area contributed by atoms with Crippen molar-refractivity contribution in [1.82, 2.24) is 9.55 Å². The summed E-state index contributed by atoms with van der Waals surface area (Å²) in [5, 5.41) is 2.60. The highest BCUT2D eigenvalue weighted by Gasteiger charge is 2.27. The number of ether oxygens (including phenoxy) is 1. The number of carbonyl (C=O) groups excluding carboxylic acids is 3. The fourth-order valence-corrected chi connectivity index (χ4v) is 4.65. The van der Waals surface area contributed by atoms with Gasteiger partial charge in [0.15, 0.2) is 11.6 Å². The fourth-order valence-electron chi connectivity index (χ4n) is 4.65. The number of aromatic nitrogens is 2. The number of amides is 2. The molecule has 0 spiro atoms. The zero-order chi connectivity index (χ0) is 29.0. The molecule has 40 heavy (non-hydrogen) atoms. The summed E-state index contributed by atoms with van der Waals surface area (Å²) in [5.74, 6) is -0.992. The van der Waals surface area contributed by atoms with Gasteiger partial charge in [-0.3, -0.25) is 9.59 Å². The number of imidazole rings is 1. The highest BCUT2D eigenvalue weighted by Crippen LogP contribution is 2.33. The number of primary amides is 1. The molecule has 0 saturated heterocycles. The maximum Gasteiger partial charge on any atom is 0.405 e. The van der Waals surface area contributed by atoms with E-state index in [0.29, 0.717) is 16.7 Å². The van der Waals surface area contributed by atoms with Gasteiger partial charge in [0, 0.05) is 29.4 Å². The molecule has 1 heterocycles. The number of ketones is 1. The average molecular weight is 543 g/mol. The number of nitrogens with one attached hydrogen (secondary N) is 1. The van der Waals surface area contributed by atoms with Crippen LogP contribution in [-0.2, 0) is 16.0 Å². The van der Waals surface area contributed by atoms with Gasteiger partial charge in [0.2, 0.25) is 5.91 Å². The molecule has 0 aliphatic carbocycles. The number of nitrogens with two attached hydrogens (primary N) is 1. The van der Waals surface area contributed by atoms with Gasteiger partial charge in [-0.2, -0.15) is 0 Å². The van der Waals surface area contributed by atoms with Crippen LogP contribution in [0.1, 0.15) is 47.7 Å². The predicted molar refractivity (Wildman–Crippen MR) is 151 cm³/mol. The first kappa shape index (κ1) is 28.2. The summed E-state index contributed by atoms with van der Waals surface area (Å²) in [6, 6.07) is 19.1. The van der Waals surface area contributed by atoms with Crippen molar-refractivity contribution in [3.05, 3.63) is 101 Å². The molecule has 0 saturated carbocycles. The zero-order valence-electron chi connectivity index (χ0n) is 22.8. The predicted octanol–water partition coefficient (Wildman–Crippen LogP) is 5.92. The monoisotopic (exact) mass is 542 g/mol. The topological polar surface area (TPSA) is 116 Å². The lowest BCUT2D eigenvalue weighted by molar-refractivity contribution is -0.115. The van der Waals surface area contributed by atoms with Gasteiger partial charge in [-0.05, 0) is 51.0 Å². The van der Waals surface area contributed by atoms with E-state index >= 15 is 4.39 Å². The Morgan fingerprint density at radius 2 is 1.75 bits per heavy atom. The van der Waals surface area contributed by atoms with Crippen LogP contribution in [0.5, 0.6) is 0 Å². The molecule has 0 aliphatic rings. The minimum Gasteiger partial charge on any atom is -0.443 e. The smallest absolute Gasteiger partial charge is 0.405 e. The van der Waals surface area contributed by atoms with Gasteiger partial charge in [0.25, 0.3) is 0 Å². The van der Waals surface area contributed by atoms with E-state index in [-0.39, 0.29) is 17.7 Å². The number of aryl methyl sites for hydroxylation is 2. The normalized spacial score (nSPS) is 11.2. The maximum absolute atomic E-state index is 15.9. The second-order valence-electron chi connectivity index (χ2n) is 10.2. The molecule has 0 radical (unpaired) electrons. The summed E-state index contributed by atoms with van der Waals surface area (Å²) in [4.78, 5) is 41.9. The van der Waals surface area contributed by atoms with Crippen LogP contribution < -0.4 is 11.1 Å². The molecule has 4 rings (SSSR count). The number of nitrogens with zero attached hydrogens (tertiary/aromatic N) is 2. The van der Waals surface area contributed by atoms with Crippen molar-refractivity contribution in [2.75, 3.05) is 5.32 Å². The molecule has 0 atom stereocenters. The van der Waals surface area contributed by atoms with Crippen LogP contribution in [-0.4, -0.2) is 32.9 Å². The number of Topliss-reactive ketones (excluding diaryl/α,β-unsaturated/α-hetero) is 1. The molecule has 9 heteroatoms. The van der Waals surface area contributed by atoms with E-state index in [1.54, 1.807) is 68.4 Å². The van der Waals surface area contributed by atoms with E-state index in [2.05, 4.69) is 10.3 Å². The molecule has 8 nitrogen and oxygen atoms in total. The van der Waals surface area contributed by atoms with Gasteiger partial charge < -0.3 is 20.4 Å². The first-order chi connectivity index (χ1) is 18.9. The molecular weight excluding hydrogens is 511 g/mol. The largest absolute Gasteiger partial charge is 0.443 e. The van der Waals surface area contributed by atoms with Crippen molar-refractivity contribution in [2.24, 2.45) is 5.73 Å². The van der Waals surface area contributed by atoms with E-state index < -0.39 is 35.6 Å². The van der Waals surface area contributed by atoms with Crippen LogP contribution in [0.3, 0.4) is 0 Å². The third-order valence-electron chi connectivity index (χ3n) is 6.34. The summed E-state index contributed by atoms with van der Waals surface area (Å²) >= 11 is 0. The van der Waals surface area contributed by atoms with Gasteiger partial charge in [-0.1, -0.05) is 54.6 Å². The Morgan fingerprint density at radius 3 is 2.40 bits per heavy atom. The van der Waals surface area contributed by atoms with E-state index in [1.807, 2.05) is 36.7 Å². The first-order valence-electron chi connectivity index (χ1n) is 12.7. The van der Waals surface area contributed by atoms with Crippen LogP contribution in [0.25, 0.3) is 16.8 Å². The number of carbonyl (C=O) groups is 3. The number of benzene rings is 3.